The molecule has 2 nitrogen and oxygen atoms in total. The summed E-state index contributed by atoms with van der Waals surface area (Å²) < 4.78 is 0. The minimum Gasteiger partial charge on any atom is -0.330 e. The minimum atomic E-state index is 0.712. The lowest BCUT2D eigenvalue weighted by Crippen LogP contribution is -2.34. The lowest BCUT2D eigenvalue weighted by atomic mass is 9.88. The number of hydrogen-bond donors (Lipinski definition) is 1. The molecule has 2 bridgehead atoms. The van der Waals surface area contributed by atoms with Crippen molar-refractivity contribution in [3.8, 4) is 0 Å². The SMILES string of the molecule is CCCC(CN)CN(C)CC1CC2CCC1C2. The third-order valence-corrected chi connectivity index (χ3v) is 5.03. The maximum Gasteiger partial charge on any atom is 0.00188 e. The fourth-order valence-electron chi connectivity index (χ4n) is 4.21. The van der Waals surface area contributed by atoms with Gasteiger partial charge in [0, 0.05) is 13.1 Å². The number of nitrogens with two attached hydrogens (primary N) is 1. The highest BCUT2D eigenvalue weighted by Crippen LogP contribution is 2.48. The summed E-state index contributed by atoms with van der Waals surface area (Å²) in [6.07, 6.45) is 8.63. The highest BCUT2D eigenvalue weighted by molar-refractivity contribution is 4.91. The topological polar surface area (TPSA) is 29.3 Å². The molecule has 0 spiro atoms. The van der Waals surface area contributed by atoms with Gasteiger partial charge in [0.1, 0.15) is 0 Å². The lowest BCUT2D eigenvalue weighted by Gasteiger charge is -2.29. The van der Waals surface area contributed by atoms with Gasteiger partial charge in [-0.3, -0.25) is 0 Å². The molecular weight excluding hydrogens is 208 g/mol. The molecule has 0 saturated heterocycles. The molecule has 0 aromatic heterocycles. The van der Waals surface area contributed by atoms with E-state index in [9.17, 15) is 0 Å². The van der Waals surface area contributed by atoms with Gasteiger partial charge in [0.15, 0.2) is 0 Å². The Labute approximate surface area is 107 Å². The summed E-state index contributed by atoms with van der Waals surface area (Å²) in [5.74, 6) is 3.85. The van der Waals surface area contributed by atoms with Gasteiger partial charge in [-0.25, -0.2) is 0 Å². The second-order valence-electron chi connectivity index (χ2n) is 6.55. The van der Waals surface area contributed by atoms with Gasteiger partial charge in [0.2, 0.25) is 0 Å². The van der Waals surface area contributed by atoms with Gasteiger partial charge in [0.25, 0.3) is 0 Å². The van der Waals surface area contributed by atoms with Crippen LogP contribution in [0.15, 0.2) is 0 Å². The van der Waals surface area contributed by atoms with Gasteiger partial charge in [-0.15, -0.1) is 0 Å². The van der Waals surface area contributed by atoms with Crippen LogP contribution in [-0.2, 0) is 0 Å². The lowest BCUT2D eigenvalue weighted by molar-refractivity contribution is 0.195. The van der Waals surface area contributed by atoms with Crippen molar-refractivity contribution >= 4 is 0 Å². The van der Waals surface area contributed by atoms with E-state index in [1.54, 1.807) is 0 Å². The second kappa shape index (κ2) is 6.19. The van der Waals surface area contributed by atoms with Gasteiger partial charge in [-0.2, -0.15) is 0 Å². The summed E-state index contributed by atoms with van der Waals surface area (Å²) in [5, 5.41) is 0. The zero-order chi connectivity index (χ0) is 12.3. The number of fused-ring (bicyclic) bond motifs is 2. The minimum absolute atomic E-state index is 0.712. The van der Waals surface area contributed by atoms with E-state index in [1.165, 1.54) is 51.6 Å². The molecule has 2 aliphatic rings. The molecule has 2 N–H and O–H groups in total. The van der Waals surface area contributed by atoms with Crippen molar-refractivity contribution in [1.29, 1.82) is 0 Å². The van der Waals surface area contributed by atoms with Crippen LogP contribution in [0.1, 0.15) is 45.4 Å². The Hall–Kier alpha value is -0.0800. The van der Waals surface area contributed by atoms with E-state index in [1.807, 2.05) is 0 Å². The fourth-order valence-corrected chi connectivity index (χ4v) is 4.21. The molecule has 2 aliphatic carbocycles. The van der Waals surface area contributed by atoms with Crippen molar-refractivity contribution in [1.82, 2.24) is 4.90 Å². The molecule has 2 rings (SSSR count). The first kappa shape index (κ1) is 13.4. The Bertz CT molecular complexity index is 229. The molecule has 4 unspecified atom stereocenters. The normalized spacial score (nSPS) is 33.5. The highest BCUT2D eigenvalue weighted by Gasteiger charge is 2.39. The van der Waals surface area contributed by atoms with Crippen LogP contribution in [0.3, 0.4) is 0 Å². The van der Waals surface area contributed by atoms with E-state index in [-0.39, 0.29) is 0 Å². The predicted octanol–water partition coefficient (Wildman–Crippen LogP) is 2.73. The monoisotopic (exact) mass is 238 g/mol. The van der Waals surface area contributed by atoms with Crippen molar-refractivity contribution in [3.05, 3.63) is 0 Å². The summed E-state index contributed by atoms with van der Waals surface area (Å²) in [6.45, 7) is 5.65. The largest absolute Gasteiger partial charge is 0.330 e. The Kier molecular flexibility index (Phi) is 4.87. The van der Waals surface area contributed by atoms with Gasteiger partial charge < -0.3 is 10.6 Å². The zero-order valence-electron chi connectivity index (χ0n) is 11.7. The van der Waals surface area contributed by atoms with Crippen LogP contribution in [0.5, 0.6) is 0 Å². The third-order valence-electron chi connectivity index (χ3n) is 5.03. The van der Waals surface area contributed by atoms with Crippen LogP contribution in [0.2, 0.25) is 0 Å². The van der Waals surface area contributed by atoms with Crippen LogP contribution in [0.25, 0.3) is 0 Å². The van der Waals surface area contributed by atoms with Crippen LogP contribution >= 0.6 is 0 Å². The molecule has 0 aromatic carbocycles. The number of nitrogens with zero attached hydrogens (tertiary/aromatic N) is 1. The van der Waals surface area contributed by atoms with E-state index in [0.29, 0.717) is 5.92 Å². The molecule has 17 heavy (non-hydrogen) atoms. The Morgan fingerprint density at radius 3 is 2.65 bits per heavy atom. The van der Waals surface area contributed by atoms with Gasteiger partial charge in [0.05, 0.1) is 0 Å². The van der Waals surface area contributed by atoms with Gasteiger partial charge >= 0.3 is 0 Å². The second-order valence-corrected chi connectivity index (χ2v) is 6.55. The predicted molar refractivity (Wildman–Crippen MR) is 73.9 cm³/mol. The first-order valence-corrected chi connectivity index (χ1v) is 7.61. The van der Waals surface area contributed by atoms with Crippen LogP contribution in [0.4, 0.5) is 0 Å². The van der Waals surface area contributed by atoms with Crippen LogP contribution in [0, 0.1) is 23.7 Å². The Morgan fingerprint density at radius 1 is 1.29 bits per heavy atom. The molecule has 100 valence electrons. The maximum atomic E-state index is 5.85. The average Bonchev–Trinajstić information content (AvgIpc) is 2.90. The molecule has 0 heterocycles. The summed E-state index contributed by atoms with van der Waals surface area (Å²) in [6, 6.07) is 0. The summed E-state index contributed by atoms with van der Waals surface area (Å²) in [4.78, 5) is 2.55. The Morgan fingerprint density at radius 2 is 2.12 bits per heavy atom. The van der Waals surface area contributed by atoms with E-state index >= 15 is 0 Å². The molecule has 0 radical (unpaired) electrons. The molecule has 2 fully saturated rings. The van der Waals surface area contributed by atoms with E-state index in [4.69, 9.17) is 5.73 Å². The van der Waals surface area contributed by atoms with Crippen molar-refractivity contribution in [3.63, 3.8) is 0 Å². The molecule has 0 aliphatic heterocycles. The van der Waals surface area contributed by atoms with Crippen molar-refractivity contribution < 1.29 is 0 Å². The fraction of sp³-hybridized carbons (Fsp3) is 1.00. The van der Waals surface area contributed by atoms with E-state index < -0.39 is 0 Å². The first-order valence-electron chi connectivity index (χ1n) is 7.61. The number of rotatable bonds is 7. The van der Waals surface area contributed by atoms with Gasteiger partial charge in [-0.1, -0.05) is 19.8 Å². The average molecular weight is 238 g/mol. The first-order chi connectivity index (χ1) is 8.22. The van der Waals surface area contributed by atoms with Gasteiger partial charge in [-0.05, 0) is 62.9 Å². The molecule has 0 aromatic rings. The number of hydrogen-bond acceptors (Lipinski definition) is 2. The quantitative estimate of drug-likeness (QED) is 0.739. The van der Waals surface area contributed by atoms with E-state index in [0.717, 1.165) is 24.3 Å². The van der Waals surface area contributed by atoms with Crippen molar-refractivity contribution in [2.75, 3.05) is 26.7 Å². The van der Waals surface area contributed by atoms with Crippen LogP contribution < -0.4 is 5.73 Å². The molecular formula is C15H30N2. The molecule has 4 atom stereocenters. The molecule has 0 amide bonds. The summed E-state index contributed by atoms with van der Waals surface area (Å²) in [5.41, 5.74) is 5.85. The standard InChI is InChI=1S/C15H30N2/c1-3-4-13(9-16)10-17(2)11-15-8-12-5-6-14(15)7-12/h12-15H,3-11,16H2,1-2H3. The Balaban J connectivity index is 1.71. The smallest absolute Gasteiger partial charge is 0.00188 e. The zero-order valence-corrected chi connectivity index (χ0v) is 11.7. The summed E-state index contributed by atoms with van der Waals surface area (Å²) >= 11 is 0. The van der Waals surface area contributed by atoms with Crippen molar-refractivity contribution in [2.24, 2.45) is 29.4 Å². The molecule has 2 heteroatoms. The van der Waals surface area contributed by atoms with Crippen molar-refractivity contribution in [2.45, 2.75) is 45.4 Å². The third kappa shape index (κ3) is 3.45. The highest BCUT2D eigenvalue weighted by atomic mass is 15.1. The summed E-state index contributed by atoms with van der Waals surface area (Å²) in [7, 11) is 2.30. The maximum absolute atomic E-state index is 5.85. The van der Waals surface area contributed by atoms with Crippen LogP contribution in [-0.4, -0.2) is 31.6 Å². The molecule has 2 saturated carbocycles. The van der Waals surface area contributed by atoms with E-state index in [2.05, 4.69) is 18.9 Å².